The Morgan fingerprint density at radius 1 is 1.15 bits per heavy atom. The molecule has 1 atom stereocenters. The maximum absolute atomic E-state index is 12.7. The van der Waals surface area contributed by atoms with Gasteiger partial charge >= 0.3 is 5.97 Å². The van der Waals surface area contributed by atoms with E-state index in [1.165, 1.54) is 12.3 Å². The largest absolute Gasteiger partial charge is 0.466 e. The van der Waals surface area contributed by atoms with Crippen molar-refractivity contribution >= 4 is 27.5 Å². The van der Waals surface area contributed by atoms with Crippen molar-refractivity contribution in [1.29, 1.82) is 5.41 Å². The fourth-order valence-electron chi connectivity index (χ4n) is 3.22. The smallest absolute Gasteiger partial charge is 0.307 e. The van der Waals surface area contributed by atoms with Crippen molar-refractivity contribution in [3.8, 4) is 0 Å². The van der Waals surface area contributed by atoms with Gasteiger partial charge in [-0.3, -0.25) is 15.0 Å². The van der Waals surface area contributed by atoms with E-state index in [0.29, 0.717) is 12.0 Å². The van der Waals surface area contributed by atoms with Crippen LogP contribution in [-0.4, -0.2) is 49.5 Å². The fourth-order valence-corrected chi connectivity index (χ4v) is 4.63. The van der Waals surface area contributed by atoms with Crippen LogP contribution in [0.1, 0.15) is 43.7 Å². The number of nitrogen functional groups attached to an aromatic ring is 1. The molecule has 1 heterocycles. The van der Waals surface area contributed by atoms with Gasteiger partial charge in [-0.2, -0.15) is 0 Å². The number of carbonyl (C=O) groups excluding carboxylic acids is 2. The van der Waals surface area contributed by atoms with Crippen molar-refractivity contribution < 1.29 is 22.7 Å². The number of sulfone groups is 1. The summed E-state index contributed by atoms with van der Waals surface area (Å²) in [6.07, 6.45) is 3.44. The molecule has 2 aromatic rings. The second kappa shape index (κ2) is 12.7. The number of amides is 1. The van der Waals surface area contributed by atoms with E-state index >= 15 is 0 Å². The summed E-state index contributed by atoms with van der Waals surface area (Å²) in [5.74, 6) is -1.34. The van der Waals surface area contributed by atoms with Gasteiger partial charge in [0.25, 0.3) is 0 Å². The molecule has 0 fully saturated rings. The number of nitrogens with zero attached hydrogens (tertiary/aromatic N) is 1. The molecular formula is C23H30N4O5S. The van der Waals surface area contributed by atoms with Gasteiger partial charge in [-0.25, -0.2) is 13.4 Å². The van der Waals surface area contributed by atoms with Crippen molar-refractivity contribution in [3.05, 3.63) is 59.8 Å². The zero-order valence-corrected chi connectivity index (χ0v) is 19.4. The van der Waals surface area contributed by atoms with E-state index < -0.39 is 27.6 Å². The number of ether oxygens (including phenoxy) is 1. The molecule has 1 aromatic carbocycles. The number of pyridine rings is 1. The molecule has 10 heteroatoms. The summed E-state index contributed by atoms with van der Waals surface area (Å²) in [6, 6.07) is 11.0. The zero-order valence-electron chi connectivity index (χ0n) is 18.6. The second-order valence-electron chi connectivity index (χ2n) is 7.54. The number of benzene rings is 1. The minimum atomic E-state index is -3.79. The van der Waals surface area contributed by atoms with E-state index in [9.17, 15) is 18.0 Å². The molecule has 0 aliphatic carbocycles. The Bertz CT molecular complexity index is 1040. The van der Waals surface area contributed by atoms with Crippen molar-refractivity contribution in [2.45, 2.75) is 50.1 Å². The highest BCUT2D eigenvalue weighted by molar-refractivity contribution is 7.91. The predicted octanol–water partition coefficient (Wildman–Crippen LogP) is 1.99. The molecule has 178 valence electrons. The molecule has 0 bridgehead atoms. The first-order valence-electron chi connectivity index (χ1n) is 10.7. The third-order valence-corrected chi connectivity index (χ3v) is 6.56. The van der Waals surface area contributed by atoms with Crippen LogP contribution in [0.5, 0.6) is 0 Å². The van der Waals surface area contributed by atoms with E-state index in [2.05, 4.69) is 10.3 Å². The number of esters is 1. The summed E-state index contributed by atoms with van der Waals surface area (Å²) in [7, 11) is -3.79. The molecule has 0 aliphatic heterocycles. The lowest BCUT2D eigenvalue weighted by Crippen LogP contribution is -2.41. The van der Waals surface area contributed by atoms with Gasteiger partial charge in [0.15, 0.2) is 14.9 Å². The van der Waals surface area contributed by atoms with Gasteiger partial charge < -0.3 is 15.8 Å². The van der Waals surface area contributed by atoms with Gasteiger partial charge in [-0.05, 0) is 43.9 Å². The maximum atomic E-state index is 12.7. The van der Waals surface area contributed by atoms with Crippen LogP contribution in [0.4, 0.5) is 0 Å². The lowest BCUT2D eigenvalue weighted by Gasteiger charge is -2.18. The van der Waals surface area contributed by atoms with E-state index in [0.717, 1.165) is 18.4 Å². The Hall–Kier alpha value is -3.27. The first-order chi connectivity index (χ1) is 15.7. The number of unbranched alkanes of at least 4 members (excludes halogenated alkanes) is 1. The molecule has 1 unspecified atom stereocenters. The third kappa shape index (κ3) is 9.01. The highest BCUT2D eigenvalue weighted by atomic mass is 32.2. The van der Waals surface area contributed by atoms with Gasteiger partial charge in [0.2, 0.25) is 5.91 Å². The SMILES string of the molecule is CCOC(=O)CC(CS(=O)(=O)c1ccccn1)NC(=O)CCCCc1ccc(C(=N)N)cc1. The molecule has 33 heavy (non-hydrogen) atoms. The third-order valence-electron chi connectivity index (χ3n) is 4.84. The van der Waals surface area contributed by atoms with Gasteiger partial charge in [0.05, 0.1) is 24.8 Å². The molecular weight excluding hydrogens is 444 g/mol. The second-order valence-corrected chi connectivity index (χ2v) is 9.52. The Morgan fingerprint density at radius 3 is 2.48 bits per heavy atom. The van der Waals surface area contributed by atoms with E-state index in [4.69, 9.17) is 15.9 Å². The maximum Gasteiger partial charge on any atom is 0.307 e. The summed E-state index contributed by atoms with van der Waals surface area (Å²) in [6.45, 7) is 1.82. The van der Waals surface area contributed by atoms with Crippen LogP contribution < -0.4 is 11.1 Å². The number of carbonyl (C=O) groups is 2. The van der Waals surface area contributed by atoms with Crippen molar-refractivity contribution in [3.63, 3.8) is 0 Å². The average molecular weight is 475 g/mol. The predicted molar refractivity (Wildman–Crippen MR) is 124 cm³/mol. The summed E-state index contributed by atoms with van der Waals surface area (Å²) in [5.41, 5.74) is 7.18. The van der Waals surface area contributed by atoms with Crippen LogP contribution in [-0.2, 0) is 30.6 Å². The summed E-state index contributed by atoms with van der Waals surface area (Å²) >= 11 is 0. The van der Waals surface area contributed by atoms with Crippen LogP contribution in [0, 0.1) is 5.41 Å². The number of aryl methyl sites for hydroxylation is 1. The standard InChI is InChI=1S/C23H30N4O5S/c1-2-32-22(29)15-19(16-33(30,31)21-9-5-6-14-26-21)27-20(28)8-4-3-7-17-10-12-18(13-11-17)23(24)25/h5-6,9-14,19H,2-4,7-8,15-16H2,1H3,(H3,24,25)(H,27,28). The van der Waals surface area contributed by atoms with Crippen LogP contribution in [0.2, 0.25) is 0 Å². The summed E-state index contributed by atoms with van der Waals surface area (Å²) in [4.78, 5) is 28.2. The lowest BCUT2D eigenvalue weighted by atomic mass is 10.0. The Kier molecular flexibility index (Phi) is 9.99. The number of aromatic nitrogens is 1. The fraction of sp³-hybridized carbons (Fsp3) is 0.391. The highest BCUT2D eigenvalue weighted by Crippen LogP contribution is 2.12. The minimum Gasteiger partial charge on any atom is -0.466 e. The zero-order chi connectivity index (χ0) is 24.3. The highest BCUT2D eigenvalue weighted by Gasteiger charge is 2.26. The van der Waals surface area contributed by atoms with Crippen LogP contribution >= 0.6 is 0 Å². The summed E-state index contributed by atoms with van der Waals surface area (Å²) < 4.78 is 30.2. The lowest BCUT2D eigenvalue weighted by molar-refractivity contribution is -0.143. The molecule has 0 spiro atoms. The molecule has 0 saturated heterocycles. The number of rotatable bonds is 13. The molecule has 9 nitrogen and oxygen atoms in total. The number of nitrogens with two attached hydrogens (primary N) is 1. The van der Waals surface area contributed by atoms with Gasteiger partial charge in [-0.15, -0.1) is 0 Å². The Labute approximate surface area is 194 Å². The molecule has 0 aliphatic rings. The molecule has 2 rings (SSSR count). The first-order valence-corrected chi connectivity index (χ1v) is 12.4. The normalized spacial score (nSPS) is 12.0. The molecule has 1 amide bonds. The van der Waals surface area contributed by atoms with E-state index in [1.807, 2.05) is 12.1 Å². The van der Waals surface area contributed by atoms with E-state index in [1.54, 1.807) is 31.2 Å². The Morgan fingerprint density at radius 2 is 1.88 bits per heavy atom. The van der Waals surface area contributed by atoms with Gasteiger partial charge in [0.1, 0.15) is 5.84 Å². The number of nitrogens with one attached hydrogen (secondary N) is 2. The van der Waals surface area contributed by atoms with Gasteiger partial charge in [0, 0.05) is 18.2 Å². The van der Waals surface area contributed by atoms with Crippen molar-refractivity contribution in [2.24, 2.45) is 5.73 Å². The van der Waals surface area contributed by atoms with Crippen molar-refractivity contribution in [1.82, 2.24) is 10.3 Å². The van der Waals surface area contributed by atoms with Crippen LogP contribution in [0.15, 0.2) is 53.7 Å². The number of hydrogen-bond donors (Lipinski definition) is 3. The van der Waals surface area contributed by atoms with Crippen LogP contribution in [0.25, 0.3) is 0 Å². The van der Waals surface area contributed by atoms with Crippen LogP contribution in [0.3, 0.4) is 0 Å². The molecule has 4 N–H and O–H groups in total. The summed E-state index contributed by atoms with van der Waals surface area (Å²) in [5, 5.41) is 9.97. The van der Waals surface area contributed by atoms with E-state index in [-0.39, 0.29) is 36.2 Å². The average Bonchev–Trinajstić information content (AvgIpc) is 2.77. The topological polar surface area (TPSA) is 152 Å². The monoisotopic (exact) mass is 474 g/mol. The van der Waals surface area contributed by atoms with Gasteiger partial charge in [-0.1, -0.05) is 30.3 Å². The first kappa shape index (κ1) is 26.0. The quantitative estimate of drug-likeness (QED) is 0.174. The number of amidine groups is 1. The van der Waals surface area contributed by atoms with Crippen molar-refractivity contribution in [2.75, 3.05) is 12.4 Å². The Balaban J connectivity index is 1.89. The molecule has 0 saturated carbocycles. The molecule has 0 radical (unpaired) electrons. The number of hydrogen-bond acceptors (Lipinski definition) is 7. The molecule has 1 aromatic heterocycles. The minimum absolute atomic E-state index is 0.0145.